The van der Waals surface area contributed by atoms with E-state index >= 15 is 0 Å². The minimum atomic E-state index is -1.04. The van der Waals surface area contributed by atoms with Gasteiger partial charge in [0.25, 0.3) is 0 Å². The first kappa shape index (κ1) is 13.9. The summed E-state index contributed by atoms with van der Waals surface area (Å²) < 4.78 is 10.7. The molecule has 20 heavy (non-hydrogen) atoms. The molecule has 4 heteroatoms. The molecule has 0 radical (unpaired) electrons. The summed E-state index contributed by atoms with van der Waals surface area (Å²) in [6.07, 6.45) is -1.04. The first-order chi connectivity index (χ1) is 9.61. The van der Waals surface area contributed by atoms with E-state index in [1.54, 1.807) is 37.4 Å². The number of aryl methyl sites for hydroxylation is 1. The predicted molar refractivity (Wildman–Crippen MR) is 75.2 cm³/mol. The highest BCUT2D eigenvalue weighted by molar-refractivity contribution is 5.75. The van der Waals surface area contributed by atoms with Crippen LogP contribution in [-0.2, 0) is 4.79 Å². The zero-order chi connectivity index (χ0) is 14.5. The molecule has 2 rings (SSSR count). The van der Waals surface area contributed by atoms with Crippen LogP contribution in [0.15, 0.2) is 48.5 Å². The lowest BCUT2D eigenvalue weighted by Crippen LogP contribution is -2.18. The fourth-order valence-electron chi connectivity index (χ4n) is 1.86. The quantitative estimate of drug-likeness (QED) is 0.908. The summed E-state index contributed by atoms with van der Waals surface area (Å²) in [6, 6.07) is 14.1. The minimum absolute atomic E-state index is 0.565. The normalized spacial score (nSPS) is 11.7. The van der Waals surface area contributed by atoms with E-state index in [9.17, 15) is 9.90 Å². The lowest BCUT2D eigenvalue weighted by Gasteiger charge is -2.17. The Labute approximate surface area is 117 Å². The van der Waals surface area contributed by atoms with Crippen LogP contribution in [-0.4, -0.2) is 18.2 Å². The first-order valence-corrected chi connectivity index (χ1v) is 6.21. The first-order valence-electron chi connectivity index (χ1n) is 6.21. The smallest absolute Gasteiger partial charge is 0.349 e. The van der Waals surface area contributed by atoms with E-state index in [0.717, 1.165) is 5.56 Å². The Balaban J connectivity index is 2.27. The largest absolute Gasteiger partial charge is 0.497 e. The Morgan fingerprint density at radius 3 is 2.30 bits per heavy atom. The summed E-state index contributed by atoms with van der Waals surface area (Å²) in [4.78, 5) is 11.4. The van der Waals surface area contributed by atoms with Gasteiger partial charge in [0.05, 0.1) is 7.11 Å². The molecular weight excluding hydrogens is 256 g/mol. The second-order valence-corrected chi connectivity index (χ2v) is 4.37. The van der Waals surface area contributed by atoms with Gasteiger partial charge in [0.2, 0.25) is 6.10 Å². The molecule has 1 unspecified atom stereocenters. The Hall–Kier alpha value is -2.49. The lowest BCUT2D eigenvalue weighted by molar-refractivity contribution is -0.145. The molecule has 4 nitrogen and oxygen atoms in total. The van der Waals surface area contributed by atoms with Gasteiger partial charge < -0.3 is 14.6 Å². The molecule has 1 N–H and O–H groups in total. The molecule has 0 aliphatic rings. The van der Waals surface area contributed by atoms with Crippen molar-refractivity contribution in [2.45, 2.75) is 13.0 Å². The van der Waals surface area contributed by atoms with E-state index in [-0.39, 0.29) is 0 Å². The van der Waals surface area contributed by atoms with Crippen molar-refractivity contribution in [2.24, 2.45) is 0 Å². The average molecular weight is 272 g/mol. The second-order valence-electron chi connectivity index (χ2n) is 4.37. The van der Waals surface area contributed by atoms with Gasteiger partial charge in [-0.1, -0.05) is 30.3 Å². The molecule has 2 aromatic carbocycles. The summed E-state index contributed by atoms with van der Waals surface area (Å²) >= 11 is 0. The van der Waals surface area contributed by atoms with Gasteiger partial charge in [-0.2, -0.15) is 0 Å². The number of carbonyl (C=O) groups is 1. The Morgan fingerprint density at radius 2 is 1.75 bits per heavy atom. The van der Waals surface area contributed by atoms with Crippen molar-refractivity contribution in [1.29, 1.82) is 0 Å². The van der Waals surface area contributed by atoms with Gasteiger partial charge >= 0.3 is 5.97 Å². The van der Waals surface area contributed by atoms with Crippen molar-refractivity contribution in [3.63, 3.8) is 0 Å². The fraction of sp³-hybridized carbons (Fsp3) is 0.188. The molecule has 1 atom stereocenters. The summed E-state index contributed by atoms with van der Waals surface area (Å²) in [6.45, 7) is 1.88. The highest BCUT2D eigenvalue weighted by atomic mass is 16.5. The third kappa shape index (κ3) is 3.09. The van der Waals surface area contributed by atoms with Crippen LogP contribution < -0.4 is 9.47 Å². The molecule has 0 saturated heterocycles. The van der Waals surface area contributed by atoms with Crippen LogP contribution >= 0.6 is 0 Å². The molecule has 0 bridgehead atoms. The molecule has 0 amide bonds. The van der Waals surface area contributed by atoms with E-state index in [4.69, 9.17) is 9.47 Å². The summed E-state index contributed by atoms with van der Waals surface area (Å²) in [5, 5.41) is 9.35. The highest BCUT2D eigenvalue weighted by Crippen LogP contribution is 2.26. The number of carboxylic acids is 1. The molecule has 104 valence electrons. The number of ether oxygens (including phenoxy) is 2. The molecule has 2 aromatic rings. The monoisotopic (exact) mass is 272 g/mol. The maximum atomic E-state index is 11.4. The number of carboxylic acid groups (broad SMARTS) is 1. The maximum absolute atomic E-state index is 11.4. The van der Waals surface area contributed by atoms with Crippen LogP contribution in [0.25, 0.3) is 0 Å². The highest BCUT2D eigenvalue weighted by Gasteiger charge is 2.22. The van der Waals surface area contributed by atoms with Gasteiger partial charge in [-0.25, -0.2) is 4.79 Å². The molecule has 0 aromatic heterocycles. The van der Waals surface area contributed by atoms with Crippen LogP contribution in [0.1, 0.15) is 17.2 Å². The zero-order valence-electron chi connectivity index (χ0n) is 11.4. The lowest BCUT2D eigenvalue weighted by atomic mass is 10.1. The van der Waals surface area contributed by atoms with Crippen molar-refractivity contribution in [1.82, 2.24) is 0 Å². The number of hydrogen-bond donors (Lipinski definition) is 1. The molecular formula is C16H16O4. The number of aliphatic carboxylic acids is 1. The van der Waals surface area contributed by atoms with E-state index in [1.165, 1.54) is 0 Å². The number of benzene rings is 2. The van der Waals surface area contributed by atoms with Gasteiger partial charge in [0, 0.05) is 5.56 Å². The van der Waals surface area contributed by atoms with Crippen LogP contribution in [0.3, 0.4) is 0 Å². The van der Waals surface area contributed by atoms with Crippen molar-refractivity contribution in [2.75, 3.05) is 7.11 Å². The Bertz CT molecular complexity index is 590. The van der Waals surface area contributed by atoms with Crippen LogP contribution in [0.5, 0.6) is 11.5 Å². The number of para-hydroxylation sites is 1. The second kappa shape index (κ2) is 6.10. The molecule has 0 aliphatic heterocycles. The Kier molecular flexibility index (Phi) is 4.25. The third-order valence-corrected chi connectivity index (χ3v) is 2.98. The van der Waals surface area contributed by atoms with Crippen LogP contribution in [0, 0.1) is 6.92 Å². The molecule has 0 fully saturated rings. The topological polar surface area (TPSA) is 55.8 Å². The van der Waals surface area contributed by atoms with Crippen molar-refractivity contribution in [3.8, 4) is 11.5 Å². The maximum Gasteiger partial charge on any atom is 0.349 e. The average Bonchev–Trinajstić information content (AvgIpc) is 2.46. The summed E-state index contributed by atoms with van der Waals surface area (Å²) in [5.41, 5.74) is 1.47. The van der Waals surface area contributed by atoms with Crippen molar-refractivity contribution < 1.29 is 19.4 Å². The van der Waals surface area contributed by atoms with Gasteiger partial charge in [-0.3, -0.25) is 0 Å². The van der Waals surface area contributed by atoms with E-state index < -0.39 is 12.1 Å². The predicted octanol–water partition coefficient (Wildman–Crippen LogP) is 3.21. The molecule has 0 saturated carbocycles. The number of rotatable bonds is 5. The van der Waals surface area contributed by atoms with Crippen LogP contribution in [0.2, 0.25) is 0 Å². The fourth-order valence-corrected chi connectivity index (χ4v) is 1.86. The van der Waals surface area contributed by atoms with Gasteiger partial charge in [0.1, 0.15) is 11.5 Å². The van der Waals surface area contributed by atoms with E-state index in [0.29, 0.717) is 17.1 Å². The van der Waals surface area contributed by atoms with Gasteiger partial charge in [0.15, 0.2) is 0 Å². The summed E-state index contributed by atoms with van der Waals surface area (Å²) in [5.74, 6) is 0.211. The standard InChI is InChI=1S/C16H16O4/c1-11-5-3-4-6-14(11)20-15(16(17)18)12-7-9-13(19-2)10-8-12/h3-10,15H,1-2H3,(H,17,18). The molecule has 0 heterocycles. The van der Waals surface area contributed by atoms with E-state index in [1.807, 2.05) is 25.1 Å². The molecule has 0 spiro atoms. The molecule has 0 aliphatic carbocycles. The number of hydrogen-bond acceptors (Lipinski definition) is 3. The summed E-state index contributed by atoms with van der Waals surface area (Å²) in [7, 11) is 1.56. The zero-order valence-corrected chi connectivity index (χ0v) is 11.4. The van der Waals surface area contributed by atoms with Crippen molar-refractivity contribution in [3.05, 3.63) is 59.7 Å². The minimum Gasteiger partial charge on any atom is -0.497 e. The Morgan fingerprint density at radius 1 is 1.10 bits per heavy atom. The van der Waals surface area contributed by atoms with Gasteiger partial charge in [-0.15, -0.1) is 0 Å². The van der Waals surface area contributed by atoms with E-state index in [2.05, 4.69) is 0 Å². The number of methoxy groups -OCH3 is 1. The third-order valence-electron chi connectivity index (χ3n) is 2.98. The van der Waals surface area contributed by atoms with Gasteiger partial charge in [-0.05, 0) is 30.7 Å². The SMILES string of the molecule is COc1ccc(C(Oc2ccccc2C)C(=O)O)cc1. The van der Waals surface area contributed by atoms with Crippen LogP contribution in [0.4, 0.5) is 0 Å². The van der Waals surface area contributed by atoms with Crippen molar-refractivity contribution >= 4 is 5.97 Å².